The van der Waals surface area contributed by atoms with Crippen LogP contribution in [0.1, 0.15) is 12.8 Å². The van der Waals surface area contributed by atoms with Gasteiger partial charge < -0.3 is 8.98 Å². The summed E-state index contributed by atoms with van der Waals surface area (Å²) in [6.07, 6.45) is 6.63. The van der Waals surface area contributed by atoms with E-state index in [1.807, 2.05) is 12.1 Å². The van der Waals surface area contributed by atoms with E-state index in [-0.39, 0.29) is 0 Å². The highest BCUT2D eigenvalue weighted by molar-refractivity contribution is 6.11. The Balaban J connectivity index is 1.08. The summed E-state index contributed by atoms with van der Waals surface area (Å²) in [6.45, 7) is 0. The first-order valence-electron chi connectivity index (χ1n) is 19.4. The number of hydrogen-bond acceptors (Lipinski definition) is 4. The van der Waals surface area contributed by atoms with Gasteiger partial charge in [0.2, 0.25) is 5.95 Å². The molecule has 0 atom stereocenters. The van der Waals surface area contributed by atoms with Crippen LogP contribution < -0.4 is 10.6 Å². The Morgan fingerprint density at radius 3 is 1.74 bits per heavy atom. The van der Waals surface area contributed by atoms with Gasteiger partial charge in [-0.3, -0.25) is 4.57 Å². The van der Waals surface area contributed by atoms with Crippen LogP contribution in [0, 0.1) is 0 Å². The molecule has 7 aromatic carbocycles. The van der Waals surface area contributed by atoms with E-state index < -0.39 is 0 Å². The molecule has 0 bridgehead atoms. The van der Waals surface area contributed by atoms with Crippen molar-refractivity contribution >= 4 is 66.8 Å². The highest BCUT2D eigenvalue weighted by Crippen LogP contribution is 2.37. The monoisotopic (exact) mass is 731 g/mol. The second-order valence-corrected chi connectivity index (χ2v) is 14.7. The molecule has 0 amide bonds. The first-order valence-corrected chi connectivity index (χ1v) is 19.4. The molecule has 0 N–H and O–H groups in total. The van der Waals surface area contributed by atoms with Gasteiger partial charge in [-0.05, 0) is 84.6 Å². The third-order valence-electron chi connectivity index (χ3n) is 11.4. The van der Waals surface area contributed by atoms with Crippen molar-refractivity contribution in [2.45, 2.75) is 12.8 Å². The van der Waals surface area contributed by atoms with Crippen molar-refractivity contribution in [1.29, 1.82) is 0 Å². The SMILES string of the molecule is C1=c2c(n(-c3nc(-c4cccc(-c5ccccc5)c4)nc(-c4ccc5oc6ccc(-n7c8ccccc8c8ccccc87)cc6c5c4)n3)c3ccccc23)=CCC1. The summed E-state index contributed by atoms with van der Waals surface area (Å²) in [6, 6.07) is 57.4. The van der Waals surface area contributed by atoms with E-state index in [1.165, 1.54) is 32.4 Å². The van der Waals surface area contributed by atoms with Crippen LogP contribution >= 0.6 is 0 Å². The van der Waals surface area contributed by atoms with Crippen molar-refractivity contribution in [3.8, 4) is 45.5 Å². The third-order valence-corrected chi connectivity index (χ3v) is 11.4. The average Bonchev–Trinajstić information content (AvgIpc) is 3.94. The third kappa shape index (κ3) is 5.00. The smallest absolute Gasteiger partial charge is 0.238 e. The zero-order chi connectivity index (χ0) is 37.5. The van der Waals surface area contributed by atoms with Crippen LogP contribution in [-0.4, -0.2) is 24.1 Å². The lowest BCUT2D eigenvalue weighted by atomic mass is 10.0. The zero-order valence-corrected chi connectivity index (χ0v) is 30.8. The Morgan fingerprint density at radius 2 is 0.982 bits per heavy atom. The summed E-state index contributed by atoms with van der Waals surface area (Å²) < 4.78 is 11.0. The largest absolute Gasteiger partial charge is 0.456 e. The maximum Gasteiger partial charge on any atom is 0.238 e. The number of benzene rings is 7. The van der Waals surface area contributed by atoms with E-state index in [9.17, 15) is 0 Å². The number of furan rings is 1. The molecule has 1 aliphatic rings. The van der Waals surface area contributed by atoms with Gasteiger partial charge in [0.1, 0.15) is 11.2 Å². The molecule has 12 rings (SSSR count). The fourth-order valence-electron chi connectivity index (χ4n) is 8.80. The molecule has 0 aliphatic heterocycles. The summed E-state index contributed by atoms with van der Waals surface area (Å²) >= 11 is 0. The van der Waals surface area contributed by atoms with Gasteiger partial charge in [-0.2, -0.15) is 9.97 Å². The minimum absolute atomic E-state index is 0.593. The average molecular weight is 732 g/mol. The lowest BCUT2D eigenvalue weighted by molar-refractivity contribution is 0.669. The fourth-order valence-corrected chi connectivity index (χ4v) is 8.80. The molecule has 57 heavy (non-hydrogen) atoms. The van der Waals surface area contributed by atoms with Crippen LogP contribution in [0.25, 0.3) is 112 Å². The molecule has 4 aromatic heterocycles. The van der Waals surface area contributed by atoms with Crippen molar-refractivity contribution in [3.05, 3.63) is 174 Å². The molecule has 0 unspecified atom stereocenters. The van der Waals surface area contributed by atoms with Gasteiger partial charge in [-0.25, -0.2) is 4.98 Å². The zero-order valence-electron chi connectivity index (χ0n) is 30.8. The van der Waals surface area contributed by atoms with Crippen LogP contribution in [-0.2, 0) is 0 Å². The predicted octanol–water partition coefficient (Wildman–Crippen LogP) is 11.2. The quantitative estimate of drug-likeness (QED) is 0.177. The maximum absolute atomic E-state index is 6.46. The second kappa shape index (κ2) is 12.5. The maximum atomic E-state index is 6.46. The number of rotatable bonds is 5. The molecule has 0 spiro atoms. The number of hydrogen-bond donors (Lipinski definition) is 0. The van der Waals surface area contributed by atoms with Crippen LogP contribution in [0.4, 0.5) is 0 Å². The highest BCUT2D eigenvalue weighted by Gasteiger charge is 2.19. The predicted molar refractivity (Wildman–Crippen MR) is 232 cm³/mol. The topological polar surface area (TPSA) is 61.7 Å². The lowest BCUT2D eigenvalue weighted by Gasteiger charge is -2.12. The molecule has 6 heteroatoms. The normalized spacial score (nSPS) is 12.7. The summed E-state index contributed by atoms with van der Waals surface area (Å²) in [7, 11) is 0. The van der Waals surface area contributed by atoms with Crippen molar-refractivity contribution in [2.75, 3.05) is 0 Å². The first-order chi connectivity index (χ1) is 28.2. The minimum Gasteiger partial charge on any atom is -0.456 e. The summed E-state index contributed by atoms with van der Waals surface area (Å²) in [5.74, 6) is 1.81. The van der Waals surface area contributed by atoms with Crippen molar-refractivity contribution in [3.63, 3.8) is 0 Å². The van der Waals surface area contributed by atoms with Gasteiger partial charge in [0, 0.05) is 49.0 Å². The molecule has 6 nitrogen and oxygen atoms in total. The lowest BCUT2D eigenvalue weighted by Crippen LogP contribution is -2.31. The molecule has 0 fully saturated rings. The van der Waals surface area contributed by atoms with Crippen molar-refractivity contribution < 1.29 is 4.42 Å². The Morgan fingerprint density at radius 1 is 0.404 bits per heavy atom. The van der Waals surface area contributed by atoms with E-state index in [0.717, 1.165) is 73.6 Å². The molecular formula is C51H33N5O. The fraction of sp³-hybridized carbons (Fsp3) is 0.0392. The van der Waals surface area contributed by atoms with Crippen LogP contribution in [0.15, 0.2) is 168 Å². The summed E-state index contributed by atoms with van der Waals surface area (Å²) in [5, 5.41) is 8.06. The number of para-hydroxylation sites is 3. The van der Waals surface area contributed by atoms with E-state index >= 15 is 0 Å². The van der Waals surface area contributed by atoms with E-state index in [4.69, 9.17) is 19.4 Å². The number of nitrogens with zero attached hydrogens (tertiary/aromatic N) is 5. The summed E-state index contributed by atoms with van der Waals surface area (Å²) in [4.78, 5) is 15.7. The Kier molecular flexibility index (Phi) is 6.95. The van der Waals surface area contributed by atoms with Gasteiger partial charge in [0.15, 0.2) is 11.6 Å². The van der Waals surface area contributed by atoms with Gasteiger partial charge in [0.05, 0.1) is 21.9 Å². The van der Waals surface area contributed by atoms with Gasteiger partial charge >= 0.3 is 0 Å². The number of aromatic nitrogens is 5. The molecule has 1 aliphatic carbocycles. The summed E-state index contributed by atoms with van der Waals surface area (Å²) in [5.41, 5.74) is 10.2. The number of fused-ring (bicyclic) bond motifs is 9. The molecular weight excluding hydrogens is 699 g/mol. The van der Waals surface area contributed by atoms with Crippen LogP contribution in [0.3, 0.4) is 0 Å². The van der Waals surface area contributed by atoms with Crippen LogP contribution in [0.5, 0.6) is 0 Å². The molecule has 0 saturated heterocycles. The molecule has 0 saturated carbocycles. The highest BCUT2D eigenvalue weighted by atomic mass is 16.3. The van der Waals surface area contributed by atoms with E-state index in [1.54, 1.807) is 0 Å². The molecule has 11 aromatic rings. The molecule has 268 valence electrons. The Bertz CT molecular complexity index is 3480. The minimum atomic E-state index is 0.593. The molecule has 4 heterocycles. The van der Waals surface area contributed by atoms with Gasteiger partial charge in [-0.15, -0.1) is 0 Å². The first kappa shape index (κ1) is 31.7. The Labute approximate surface area is 326 Å². The van der Waals surface area contributed by atoms with Crippen molar-refractivity contribution in [1.82, 2.24) is 24.1 Å². The Hall–Kier alpha value is -7.57. The van der Waals surface area contributed by atoms with E-state index in [0.29, 0.717) is 17.6 Å². The standard InChI is InChI=1S/C51H33N5O/c1-2-13-32(14-3-1)33-15-12-16-34(29-33)49-52-50(54-51(53-49)56-45-23-10-6-19-39(45)40-20-7-11-24-46(40)56)35-25-27-47-41(30-35)42-31-36(26-28-48(42)57-47)55-43-21-8-4-17-37(43)38-18-5-9-22-44(38)55/h1-6,8-10,12-31H,7,11H2. The molecule has 0 radical (unpaired) electrons. The van der Waals surface area contributed by atoms with Crippen LogP contribution in [0.2, 0.25) is 0 Å². The van der Waals surface area contributed by atoms with Crippen molar-refractivity contribution in [2.24, 2.45) is 0 Å². The second-order valence-electron chi connectivity index (χ2n) is 14.7. The van der Waals surface area contributed by atoms with Gasteiger partial charge in [-0.1, -0.05) is 115 Å². The van der Waals surface area contributed by atoms with Gasteiger partial charge in [0.25, 0.3) is 0 Å². The van der Waals surface area contributed by atoms with E-state index in [2.05, 4.69) is 173 Å².